The molecule has 0 fully saturated rings. The van der Waals surface area contributed by atoms with Gasteiger partial charge < -0.3 is 9.13 Å². The van der Waals surface area contributed by atoms with Gasteiger partial charge in [-0.1, -0.05) is 102 Å². The lowest BCUT2D eigenvalue weighted by molar-refractivity contribution is -0.137. The van der Waals surface area contributed by atoms with Crippen LogP contribution in [0.1, 0.15) is 33.4 Å². The molecule has 0 saturated heterocycles. The molecule has 10 rings (SSSR count). The van der Waals surface area contributed by atoms with Crippen LogP contribution in [0.5, 0.6) is 0 Å². The lowest BCUT2D eigenvalue weighted by Crippen LogP contribution is -2.12. The first-order valence-corrected chi connectivity index (χ1v) is 20.1. The highest BCUT2D eigenvalue weighted by atomic mass is 19.4. The maximum absolute atomic E-state index is 16.8. The molecule has 8 aromatic carbocycles. The Morgan fingerprint density at radius 3 is 1.41 bits per heavy atom. The molecule has 0 unspecified atom stereocenters. The van der Waals surface area contributed by atoms with Crippen molar-refractivity contribution in [2.24, 2.45) is 0 Å². The summed E-state index contributed by atoms with van der Waals surface area (Å²) in [4.78, 5) is 0. The fourth-order valence-electron chi connectivity index (χ4n) is 9.37. The number of aromatic nitrogens is 2. The summed E-state index contributed by atoms with van der Waals surface area (Å²) < 4.78 is 66.5. The van der Waals surface area contributed by atoms with Crippen molar-refractivity contribution in [2.45, 2.75) is 33.9 Å². The monoisotopic (exact) mass is 803 g/mol. The molecule has 2 heterocycles. The molecule has 3 nitrogen and oxygen atoms in total. The van der Waals surface area contributed by atoms with Gasteiger partial charge in [0.05, 0.1) is 50.6 Å². The number of rotatable bonds is 5. The summed E-state index contributed by atoms with van der Waals surface area (Å²) in [7, 11) is 0. The Labute approximate surface area is 350 Å². The molecule has 0 saturated carbocycles. The van der Waals surface area contributed by atoms with E-state index in [9.17, 15) is 5.26 Å². The largest absolute Gasteiger partial charge is 0.417 e. The van der Waals surface area contributed by atoms with E-state index in [4.69, 9.17) is 0 Å². The predicted molar refractivity (Wildman–Crippen MR) is 240 cm³/mol. The smallest absolute Gasteiger partial charge is 0.308 e. The summed E-state index contributed by atoms with van der Waals surface area (Å²) in [6.07, 6.45) is -4.91. The van der Waals surface area contributed by atoms with E-state index in [0.29, 0.717) is 22.1 Å². The fraction of sp³-hybridized carbons (Fsp3) is 0.0926. The molecule has 0 bridgehead atoms. The van der Waals surface area contributed by atoms with Gasteiger partial charge in [0.1, 0.15) is 5.82 Å². The second kappa shape index (κ2) is 14.1. The number of nitrogens with zero attached hydrogens (tertiary/aromatic N) is 3. The van der Waals surface area contributed by atoms with Gasteiger partial charge in [0.15, 0.2) is 0 Å². The van der Waals surface area contributed by atoms with Gasteiger partial charge in [-0.2, -0.15) is 18.4 Å². The van der Waals surface area contributed by atoms with Crippen LogP contribution in [0, 0.1) is 44.8 Å². The van der Waals surface area contributed by atoms with Crippen LogP contribution >= 0.6 is 0 Å². The summed E-state index contributed by atoms with van der Waals surface area (Å²) in [6, 6.07) is 48.7. The third-order valence-corrected chi connectivity index (χ3v) is 12.0. The Bertz CT molecular complexity index is 3300. The van der Waals surface area contributed by atoms with Gasteiger partial charge in [0, 0.05) is 32.7 Å². The van der Waals surface area contributed by atoms with E-state index >= 15 is 17.6 Å². The van der Waals surface area contributed by atoms with E-state index < -0.39 is 23.1 Å². The lowest BCUT2D eigenvalue weighted by Gasteiger charge is -2.23. The Hall–Kier alpha value is -7.43. The number of aryl methyl sites for hydroxylation is 4. The van der Waals surface area contributed by atoms with Gasteiger partial charge >= 0.3 is 6.18 Å². The Balaban J connectivity index is 1.35. The van der Waals surface area contributed by atoms with Gasteiger partial charge in [-0.3, -0.25) is 0 Å². The van der Waals surface area contributed by atoms with E-state index in [2.05, 4.69) is 82.3 Å². The topological polar surface area (TPSA) is 33.6 Å². The van der Waals surface area contributed by atoms with E-state index in [0.717, 1.165) is 84.3 Å². The average molecular weight is 804 g/mol. The summed E-state index contributed by atoms with van der Waals surface area (Å²) >= 11 is 0. The lowest BCUT2D eigenvalue weighted by atomic mass is 9.93. The average Bonchev–Trinajstić information content (AvgIpc) is 3.75. The van der Waals surface area contributed by atoms with E-state index in [1.807, 2.05) is 81.9 Å². The van der Waals surface area contributed by atoms with Crippen molar-refractivity contribution < 1.29 is 17.6 Å². The second-order valence-corrected chi connectivity index (χ2v) is 16.0. The van der Waals surface area contributed by atoms with Crippen LogP contribution in [0.25, 0.3) is 88.4 Å². The SMILES string of the molecule is Cc1ccc(-c2ccc3c(c2)c2ccccc2n3-c2cc(C#N)cc(-n3c4ccccc4c4cc(-c5ccc(C)cc5C)ccc43)c2-c2c(F)cccc2C(F)(F)F)c(C)c1. The molecule has 0 N–H and O–H groups in total. The molecule has 61 heavy (non-hydrogen) atoms. The van der Waals surface area contributed by atoms with Crippen molar-refractivity contribution in [1.29, 1.82) is 5.26 Å². The van der Waals surface area contributed by atoms with Crippen LogP contribution in [0.4, 0.5) is 17.6 Å². The number of hydrogen-bond acceptors (Lipinski definition) is 1. The summed E-state index contributed by atoms with van der Waals surface area (Å²) in [5.74, 6) is -1.03. The Morgan fingerprint density at radius 2 is 0.951 bits per heavy atom. The standard InChI is InChI=1S/C54H37F4N3/c1-31-16-20-38(33(3)24-31)36-18-22-48-42(28-36)40-10-5-7-14-46(40)60(48)50-26-35(30-59)27-51(53(50)52-44(54(56,57)58)12-9-13-45(52)55)61-47-15-8-6-11-41(47)43-29-37(19-23-49(43)61)39-21-17-32(2)25-34(39)4/h5-29H,1-4H3. The number of hydrogen-bond donors (Lipinski definition) is 0. The molecule has 0 amide bonds. The molecule has 2 aromatic heterocycles. The van der Waals surface area contributed by atoms with Crippen LogP contribution in [-0.2, 0) is 6.18 Å². The van der Waals surface area contributed by atoms with E-state index in [-0.39, 0.29) is 22.5 Å². The van der Waals surface area contributed by atoms with Gasteiger partial charge in [0.2, 0.25) is 0 Å². The Morgan fingerprint density at radius 1 is 0.475 bits per heavy atom. The van der Waals surface area contributed by atoms with Crippen LogP contribution in [0.2, 0.25) is 0 Å². The molecule has 0 aliphatic carbocycles. The molecule has 7 heteroatoms. The molecule has 10 aromatic rings. The molecular formula is C54H37F4N3. The van der Waals surface area contributed by atoms with Crippen LogP contribution in [0.15, 0.2) is 152 Å². The first kappa shape index (κ1) is 37.8. The highest BCUT2D eigenvalue weighted by Gasteiger charge is 2.37. The number of fused-ring (bicyclic) bond motifs is 6. The quantitative estimate of drug-likeness (QED) is 0.160. The number of para-hydroxylation sites is 2. The second-order valence-electron chi connectivity index (χ2n) is 16.0. The highest BCUT2D eigenvalue weighted by molar-refractivity contribution is 6.13. The third-order valence-electron chi connectivity index (χ3n) is 12.0. The first-order valence-electron chi connectivity index (χ1n) is 20.1. The van der Waals surface area contributed by atoms with Crippen molar-refractivity contribution in [3.8, 4) is 50.8 Å². The minimum atomic E-state index is -4.91. The number of alkyl halides is 3. The van der Waals surface area contributed by atoms with Gasteiger partial charge in [-0.05, 0) is 122 Å². The van der Waals surface area contributed by atoms with E-state index in [1.165, 1.54) is 0 Å². The predicted octanol–water partition coefficient (Wildman–Crippen LogP) is 15.1. The van der Waals surface area contributed by atoms with Crippen molar-refractivity contribution in [3.05, 3.63) is 191 Å². The van der Waals surface area contributed by atoms with Gasteiger partial charge in [-0.25, -0.2) is 4.39 Å². The molecular weight excluding hydrogens is 767 g/mol. The number of nitriles is 1. The maximum Gasteiger partial charge on any atom is 0.417 e. The van der Waals surface area contributed by atoms with Crippen LogP contribution < -0.4 is 0 Å². The summed E-state index contributed by atoms with van der Waals surface area (Å²) in [5, 5.41) is 14.2. The van der Waals surface area contributed by atoms with Crippen molar-refractivity contribution in [2.75, 3.05) is 0 Å². The van der Waals surface area contributed by atoms with Crippen LogP contribution in [-0.4, -0.2) is 9.13 Å². The fourth-order valence-corrected chi connectivity index (χ4v) is 9.37. The molecule has 0 atom stereocenters. The van der Waals surface area contributed by atoms with Gasteiger partial charge in [-0.15, -0.1) is 0 Å². The van der Waals surface area contributed by atoms with Crippen molar-refractivity contribution in [1.82, 2.24) is 9.13 Å². The van der Waals surface area contributed by atoms with Crippen molar-refractivity contribution >= 4 is 43.6 Å². The van der Waals surface area contributed by atoms with Gasteiger partial charge in [0.25, 0.3) is 0 Å². The van der Waals surface area contributed by atoms with Crippen molar-refractivity contribution in [3.63, 3.8) is 0 Å². The zero-order valence-electron chi connectivity index (χ0n) is 33.8. The third kappa shape index (κ3) is 6.09. The maximum atomic E-state index is 16.8. The number of benzene rings is 8. The normalized spacial score (nSPS) is 11.9. The minimum absolute atomic E-state index is 0.00615. The molecule has 0 aliphatic heterocycles. The summed E-state index contributed by atoms with van der Waals surface area (Å²) in [5.41, 5.74) is 10.4. The summed E-state index contributed by atoms with van der Waals surface area (Å²) in [6.45, 7) is 8.25. The first-order chi connectivity index (χ1) is 29.4. The Kier molecular flexibility index (Phi) is 8.74. The van der Waals surface area contributed by atoms with E-state index in [1.54, 1.807) is 12.1 Å². The zero-order valence-corrected chi connectivity index (χ0v) is 33.8. The van der Waals surface area contributed by atoms with Crippen LogP contribution in [0.3, 0.4) is 0 Å². The molecule has 296 valence electrons. The highest BCUT2D eigenvalue weighted by Crippen LogP contribution is 2.48. The number of halogens is 4. The molecule has 0 spiro atoms. The molecule has 0 radical (unpaired) electrons. The molecule has 0 aliphatic rings. The minimum Gasteiger partial charge on any atom is -0.308 e. The zero-order chi connectivity index (χ0) is 42.3.